The predicted molar refractivity (Wildman–Crippen MR) is 116 cm³/mol. The molecule has 0 radical (unpaired) electrons. The van der Waals surface area contributed by atoms with Crippen molar-refractivity contribution in [3.63, 3.8) is 0 Å². The summed E-state index contributed by atoms with van der Waals surface area (Å²) in [6.07, 6.45) is 6.29. The topological polar surface area (TPSA) is 105 Å². The minimum atomic E-state index is -0.150. The minimum absolute atomic E-state index is 0.131. The van der Waals surface area contributed by atoms with Crippen molar-refractivity contribution >= 4 is 34.3 Å². The molecular weight excluding hydrogens is 400 g/mol. The molecule has 1 aliphatic rings. The number of nitrogens with one attached hydrogen (secondary N) is 1. The van der Waals surface area contributed by atoms with E-state index >= 15 is 0 Å². The van der Waals surface area contributed by atoms with Crippen molar-refractivity contribution in [1.82, 2.24) is 24.5 Å². The molecule has 156 valence electrons. The zero-order valence-corrected chi connectivity index (χ0v) is 17.7. The van der Waals surface area contributed by atoms with Crippen LogP contribution in [0.1, 0.15) is 55.8 Å². The largest absolute Gasteiger partial charge is 0.349 e. The molecule has 0 unspecified atom stereocenters. The van der Waals surface area contributed by atoms with Gasteiger partial charge in [0.05, 0.1) is 22.7 Å². The van der Waals surface area contributed by atoms with Crippen LogP contribution in [0, 0.1) is 11.3 Å². The van der Waals surface area contributed by atoms with E-state index in [0.717, 1.165) is 32.1 Å². The first-order valence-corrected chi connectivity index (χ1v) is 11.3. The Kier molecular flexibility index (Phi) is 6.04. The molecule has 1 amide bonds. The maximum absolute atomic E-state index is 13.1. The third-order valence-electron chi connectivity index (χ3n) is 5.49. The van der Waals surface area contributed by atoms with Gasteiger partial charge < -0.3 is 5.32 Å². The molecule has 0 aliphatic heterocycles. The van der Waals surface area contributed by atoms with Crippen molar-refractivity contribution < 1.29 is 4.79 Å². The fraction of sp³-hybridized carbons (Fsp3) is 0.476. The second kappa shape index (κ2) is 8.88. The van der Waals surface area contributed by atoms with Crippen LogP contribution < -0.4 is 10.9 Å². The van der Waals surface area contributed by atoms with Gasteiger partial charge in [0, 0.05) is 18.2 Å². The van der Waals surface area contributed by atoms with E-state index in [1.807, 2.05) is 6.92 Å². The second-order valence-corrected chi connectivity index (χ2v) is 8.50. The SMILES string of the molecule is CCCn1c(=O)c2ccc(C(=O)NC3CCCCC3)cc2n2c(SCC#N)nnc12. The molecule has 30 heavy (non-hydrogen) atoms. The minimum Gasteiger partial charge on any atom is -0.349 e. The first kappa shape index (κ1) is 20.4. The molecule has 0 atom stereocenters. The smallest absolute Gasteiger partial charge is 0.262 e. The molecule has 0 saturated heterocycles. The van der Waals surface area contributed by atoms with Gasteiger partial charge in [-0.05, 0) is 37.5 Å². The average molecular weight is 425 g/mol. The van der Waals surface area contributed by atoms with Crippen LogP contribution in [0.25, 0.3) is 16.7 Å². The number of nitriles is 1. The van der Waals surface area contributed by atoms with Crippen LogP contribution in [0.3, 0.4) is 0 Å². The van der Waals surface area contributed by atoms with E-state index in [0.29, 0.717) is 33.9 Å². The number of aromatic nitrogens is 4. The number of carbonyl (C=O) groups is 1. The molecule has 0 spiro atoms. The Balaban J connectivity index is 1.83. The van der Waals surface area contributed by atoms with Gasteiger partial charge in [0.15, 0.2) is 5.16 Å². The van der Waals surface area contributed by atoms with E-state index in [-0.39, 0.29) is 23.3 Å². The summed E-state index contributed by atoms with van der Waals surface area (Å²) in [5.41, 5.74) is 0.943. The van der Waals surface area contributed by atoms with Crippen molar-refractivity contribution in [2.75, 3.05) is 5.75 Å². The highest BCUT2D eigenvalue weighted by atomic mass is 32.2. The molecule has 3 aromatic rings. The Morgan fingerprint density at radius 1 is 1.30 bits per heavy atom. The van der Waals surface area contributed by atoms with Crippen LogP contribution in [0.2, 0.25) is 0 Å². The van der Waals surface area contributed by atoms with Crippen molar-refractivity contribution in [2.24, 2.45) is 0 Å². The summed E-state index contributed by atoms with van der Waals surface area (Å²) >= 11 is 1.26. The Morgan fingerprint density at radius 3 is 2.83 bits per heavy atom. The van der Waals surface area contributed by atoms with Gasteiger partial charge in [-0.15, -0.1) is 10.2 Å². The molecule has 4 rings (SSSR count). The van der Waals surface area contributed by atoms with E-state index in [9.17, 15) is 9.59 Å². The second-order valence-electron chi connectivity index (χ2n) is 7.56. The van der Waals surface area contributed by atoms with Crippen molar-refractivity contribution in [2.45, 2.75) is 63.2 Å². The molecular formula is C21H24N6O2S. The number of thioether (sulfide) groups is 1. The quantitative estimate of drug-likeness (QED) is 0.610. The molecule has 1 saturated carbocycles. The van der Waals surface area contributed by atoms with E-state index in [2.05, 4.69) is 21.6 Å². The Morgan fingerprint density at radius 2 is 2.10 bits per heavy atom. The van der Waals surface area contributed by atoms with Crippen LogP contribution in [0.5, 0.6) is 0 Å². The maximum atomic E-state index is 13.1. The van der Waals surface area contributed by atoms with E-state index < -0.39 is 0 Å². The van der Waals surface area contributed by atoms with Gasteiger partial charge in [-0.1, -0.05) is 37.9 Å². The Hall–Kier alpha value is -2.86. The molecule has 1 aromatic carbocycles. The van der Waals surface area contributed by atoms with Crippen LogP contribution >= 0.6 is 11.8 Å². The van der Waals surface area contributed by atoms with E-state index in [4.69, 9.17) is 5.26 Å². The first-order valence-electron chi connectivity index (χ1n) is 10.4. The third kappa shape index (κ3) is 3.79. The number of hydrogen-bond acceptors (Lipinski definition) is 6. The number of aryl methyl sites for hydroxylation is 1. The lowest BCUT2D eigenvalue weighted by Gasteiger charge is -2.22. The molecule has 9 heteroatoms. The standard InChI is InChI=1S/C21H24N6O2S/c1-2-11-26-19(29)16-9-8-14(18(28)23-15-6-4-3-5-7-15)13-17(16)27-20(26)24-25-21(27)30-12-10-22/h8-9,13,15H,2-7,11-12H2,1H3,(H,23,28). The summed E-state index contributed by atoms with van der Waals surface area (Å²) in [6, 6.07) is 7.44. The van der Waals surface area contributed by atoms with Gasteiger partial charge in [-0.3, -0.25) is 18.6 Å². The molecule has 2 aromatic heterocycles. The van der Waals surface area contributed by atoms with Crippen molar-refractivity contribution in [3.05, 3.63) is 34.1 Å². The van der Waals surface area contributed by atoms with Crippen molar-refractivity contribution in [1.29, 1.82) is 5.26 Å². The maximum Gasteiger partial charge on any atom is 0.262 e. The van der Waals surface area contributed by atoms with E-state index in [1.165, 1.54) is 18.2 Å². The number of amides is 1. The number of rotatable bonds is 6. The molecule has 1 fully saturated rings. The fourth-order valence-corrected chi connectivity index (χ4v) is 4.66. The number of benzene rings is 1. The van der Waals surface area contributed by atoms with Gasteiger partial charge in [0.25, 0.3) is 11.5 Å². The lowest BCUT2D eigenvalue weighted by molar-refractivity contribution is 0.0928. The molecule has 2 heterocycles. The lowest BCUT2D eigenvalue weighted by Crippen LogP contribution is -2.36. The highest BCUT2D eigenvalue weighted by Crippen LogP contribution is 2.23. The van der Waals surface area contributed by atoms with Crippen LogP contribution in [0.4, 0.5) is 0 Å². The molecule has 0 bridgehead atoms. The third-order valence-corrected chi connectivity index (χ3v) is 6.28. The zero-order valence-electron chi connectivity index (χ0n) is 16.9. The van der Waals surface area contributed by atoms with Gasteiger partial charge in [0.1, 0.15) is 0 Å². The normalized spacial score (nSPS) is 14.8. The van der Waals surface area contributed by atoms with Gasteiger partial charge >= 0.3 is 0 Å². The van der Waals surface area contributed by atoms with Crippen LogP contribution in [0.15, 0.2) is 28.2 Å². The summed E-state index contributed by atoms with van der Waals surface area (Å²) in [5.74, 6) is 0.519. The number of nitrogens with zero attached hydrogens (tertiary/aromatic N) is 5. The lowest BCUT2D eigenvalue weighted by atomic mass is 9.95. The molecule has 1 aliphatic carbocycles. The molecule has 1 N–H and O–H groups in total. The summed E-state index contributed by atoms with van der Waals surface area (Å²) in [4.78, 5) is 25.9. The zero-order chi connectivity index (χ0) is 21.1. The number of hydrogen-bond donors (Lipinski definition) is 1. The Labute approximate surface area is 178 Å². The Bertz CT molecular complexity index is 1190. The predicted octanol–water partition coefficient (Wildman–Crippen LogP) is 3.13. The number of carbonyl (C=O) groups excluding carboxylic acids is 1. The summed E-state index contributed by atoms with van der Waals surface area (Å²) in [7, 11) is 0. The van der Waals surface area contributed by atoms with Crippen LogP contribution in [-0.2, 0) is 6.54 Å². The van der Waals surface area contributed by atoms with Gasteiger partial charge in [-0.2, -0.15) is 5.26 Å². The first-order chi connectivity index (χ1) is 14.6. The summed E-state index contributed by atoms with van der Waals surface area (Å²) in [5, 5.41) is 21.5. The number of fused-ring (bicyclic) bond motifs is 3. The highest BCUT2D eigenvalue weighted by molar-refractivity contribution is 7.99. The van der Waals surface area contributed by atoms with Crippen LogP contribution in [-0.4, -0.2) is 36.9 Å². The average Bonchev–Trinajstić information content (AvgIpc) is 3.19. The molecule has 8 nitrogen and oxygen atoms in total. The fourth-order valence-electron chi connectivity index (χ4n) is 4.05. The summed E-state index contributed by atoms with van der Waals surface area (Å²) in [6.45, 7) is 2.51. The van der Waals surface area contributed by atoms with Crippen molar-refractivity contribution in [3.8, 4) is 6.07 Å². The highest BCUT2D eigenvalue weighted by Gasteiger charge is 2.20. The van der Waals surface area contributed by atoms with Gasteiger partial charge in [-0.25, -0.2) is 0 Å². The van der Waals surface area contributed by atoms with E-state index in [1.54, 1.807) is 27.2 Å². The summed E-state index contributed by atoms with van der Waals surface area (Å²) < 4.78 is 3.39. The monoisotopic (exact) mass is 424 g/mol. The van der Waals surface area contributed by atoms with Gasteiger partial charge in [0.2, 0.25) is 5.78 Å².